The van der Waals surface area contributed by atoms with Gasteiger partial charge in [-0.05, 0) is 49.2 Å². The minimum absolute atomic E-state index is 0.0308. The lowest BCUT2D eigenvalue weighted by atomic mass is 9.98. The summed E-state index contributed by atoms with van der Waals surface area (Å²) in [5, 5.41) is 2.92. The molecule has 0 fully saturated rings. The molecule has 0 aliphatic carbocycles. The van der Waals surface area contributed by atoms with E-state index in [2.05, 4.69) is 5.32 Å². The molecular weight excluding hydrogens is 286 g/mol. The van der Waals surface area contributed by atoms with E-state index in [-0.39, 0.29) is 11.6 Å². The molecule has 3 rings (SSSR count). The Kier molecular flexibility index (Phi) is 3.79. The lowest BCUT2D eigenvalue weighted by Crippen LogP contribution is -2.37. The minimum Gasteiger partial charge on any atom is -0.353 e. The van der Waals surface area contributed by atoms with Crippen molar-refractivity contribution in [2.24, 2.45) is 0 Å². The molecule has 1 aliphatic heterocycles. The smallest absolute Gasteiger partial charge is 0.254 e. The number of fused-ring (bicyclic) bond motifs is 1. The van der Waals surface area contributed by atoms with Gasteiger partial charge in [-0.15, -0.1) is 0 Å². The van der Waals surface area contributed by atoms with Crippen molar-refractivity contribution in [3.8, 4) is 0 Å². The molecule has 22 heavy (non-hydrogen) atoms. The van der Waals surface area contributed by atoms with Crippen LogP contribution in [0.5, 0.6) is 0 Å². The third kappa shape index (κ3) is 2.66. The molecule has 3 nitrogen and oxygen atoms in total. The van der Waals surface area contributed by atoms with Crippen LogP contribution in [0.1, 0.15) is 22.8 Å². The minimum atomic E-state index is -0.647. The van der Waals surface area contributed by atoms with Crippen LogP contribution in [0.15, 0.2) is 36.4 Å². The molecule has 2 aromatic rings. The van der Waals surface area contributed by atoms with Crippen molar-refractivity contribution in [3.05, 3.63) is 59.2 Å². The summed E-state index contributed by atoms with van der Waals surface area (Å²) in [6.07, 6.45) is 0.774. The van der Waals surface area contributed by atoms with Crippen LogP contribution in [-0.4, -0.2) is 23.9 Å². The highest BCUT2D eigenvalue weighted by atomic mass is 19.1. The van der Waals surface area contributed by atoms with Crippen LogP contribution < -0.4 is 5.32 Å². The second-order valence-electron chi connectivity index (χ2n) is 5.26. The molecule has 0 spiro atoms. The summed E-state index contributed by atoms with van der Waals surface area (Å²) in [5.41, 5.74) is 2.53. The van der Waals surface area contributed by atoms with Crippen molar-refractivity contribution in [2.45, 2.75) is 13.3 Å². The zero-order valence-electron chi connectivity index (χ0n) is 12.2. The van der Waals surface area contributed by atoms with Crippen LogP contribution in [0.4, 0.5) is 20.2 Å². The number of carbonyl (C=O) groups excluding carboxylic acids is 1. The van der Waals surface area contributed by atoms with E-state index < -0.39 is 11.6 Å². The Morgan fingerprint density at radius 1 is 1.18 bits per heavy atom. The maximum Gasteiger partial charge on any atom is 0.254 e. The number of benzene rings is 2. The first kappa shape index (κ1) is 14.5. The number of amides is 1. The first-order valence-electron chi connectivity index (χ1n) is 7.22. The standard InChI is InChI=1S/C17H16F2N2O/c1-2-21-8-7-11-9-13(4-5-14(11)17(21)22)20-16-6-3-12(18)10-15(16)19/h3-6,9-10,20H,2,7-8H2,1H3. The predicted molar refractivity (Wildman–Crippen MR) is 81.4 cm³/mol. The molecule has 0 radical (unpaired) electrons. The van der Waals surface area contributed by atoms with Crippen molar-refractivity contribution in [2.75, 3.05) is 18.4 Å². The number of halogens is 2. The van der Waals surface area contributed by atoms with E-state index in [0.717, 1.165) is 18.1 Å². The average Bonchev–Trinajstić information content (AvgIpc) is 2.50. The third-order valence-electron chi connectivity index (χ3n) is 3.87. The summed E-state index contributed by atoms with van der Waals surface area (Å²) >= 11 is 0. The van der Waals surface area contributed by atoms with Gasteiger partial charge in [0.1, 0.15) is 11.6 Å². The highest BCUT2D eigenvalue weighted by molar-refractivity contribution is 5.97. The Labute approximate surface area is 127 Å². The fourth-order valence-electron chi connectivity index (χ4n) is 2.66. The topological polar surface area (TPSA) is 32.3 Å². The van der Waals surface area contributed by atoms with E-state index in [1.807, 2.05) is 13.0 Å². The van der Waals surface area contributed by atoms with E-state index in [9.17, 15) is 13.6 Å². The Hall–Kier alpha value is -2.43. The molecule has 0 saturated heterocycles. The fraction of sp³-hybridized carbons (Fsp3) is 0.235. The molecule has 1 heterocycles. The lowest BCUT2D eigenvalue weighted by Gasteiger charge is -2.27. The number of carbonyl (C=O) groups is 1. The highest BCUT2D eigenvalue weighted by Gasteiger charge is 2.23. The molecule has 0 atom stereocenters. The third-order valence-corrected chi connectivity index (χ3v) is 3.87. The fourth-order valence-corrected chi connectivity index (χ4v) is 2.66. The molecule has 1 N–H and O–H groups in total. The van der Waals surface area contributed by atoms with Gasteiger partial charge in [0.2, 0.25) is 0 Å². The largest absolute Gasteiger partial charge is 0.353 e. The predicted octanol–water partition coefficient (Wildman–Crippen LogP) is 3.73. The Balaban J connectivity index is 1.87. The van der Waals surface area contributed by atoms with E-state index >= 15 is 0 Å². The van der Waals surface area contributed by atoms with E-state index in [1.54, 1.807) is 17.0 Å². The van der Waals surface area contributed by atoms with Crippen LogP contribution in [0.3, 0.4) is 0 Å². The van der Waals surface area contributed by atoms with Crippen LogP contribution in [0.25, 0.3) is 0 Å². The average molecular weight is 302 g/mol. The van der Waals surface area contributed by atoms with Crippen LogP contribution in [-0.2, 0) is 6.42 Å². The molecule has 1 aliphatic rings. The summed E-state index contributed by atoms with van der Waals surface area (Å²) in [6, 6.07) is 8.73. The summed E-state index contributed by atoms with van der Waals surface area (Å²) in [4.78, 5) is 14.0. The van der Waals surface area contributed by atoms with Gasteiger partial charge in [0.25, 0.3) is 5.91 Å². The molecule has 0 aromatic heterocycles. The zero-order valence-corrected chi connectivity index (χ0v) is 12.2. The quantitative estimate of drug-likeness (QED) is 0.937. The second kappa shape index (κ2) is 5.75. The Morgan fingerprint density at radius 2 is 2.00 bits per heavy atom. The van der Waals surface area contributed by atoms with E-state index in [0.29, 0.717) is 24.3 Å². The van der Waals surface area contributed by atoms with Gasteiger partial charge in [-0.2, -0.15) is 0 Å². The van der Waals surface area contributed by atoms with Gasteiger partial charge in [-0.25, -0.2) is 8.78 Å². The number of nitrogens with zero attached hydrogens (tertiary/aromatic N) is 1. The SMILES string of the molecule is CCN1CCc2cc(Nc3ccc(F)cc3F)ccc2C1=O. The maximum atomic E-state index is 13.7. The molecule has 0 saturated carbocycles. The normalized spacial score (nSPS) is 14.0. The van der Waals surface area contributed by atoms with Gasteiger partial charge < -0.3 is 10.2 Å². The summed E-state index contributed by atoms with van der Waals surface area (Å²) in [6.45, 7) is 3.34. The van der Waals surface area contributed by atoms with Crippen molar-refractivity contribution < 1.29 is 13.6 Å². The van der Waals surface area contributed by atoms with E-state index in [4.69, 9.17) is 0 Å². The van der Waals surface area contributed by atoms with Crippen LogP contribution in [0.2, 0.25) is 0 Å². The van der Waals surface area contributed by atoms with Gasteiger partial charge in [-0.3, -0.25) is 4.79 Å². The van der Waals surface area contributed by atoms with Crippen molar-refractivity contribution >= 4 is 17.3 Å². The van der Waals surface area contributed by atoms with Crippen molar-refractivity contribution in [1.29, 1.82) is 0 Å². The number of nitrogens with one attached hydrogen (secondary N) is 1. The zero-order chi connectivity index (χ0) is 15.7. The Bertz CT molecular complexity index is 731. The second-order valence-corrected chi connectivity index (χ2v) is 5.26. The molecule has 1 amide bonds. The van der Waals surface area contributed by atoms with Crippen LogP contribution >= 0.6 is 0 Å². The molecule has 0 unspecified atom stereocenters. The van der Waals surface area contributed by atoms with Gasteiger partial charge in [0, 0.05) is 30.4 Å². The van der Waals surface area contributed by atoms with Gasteiger partial charge in [-0.1, -0.05) is 0 Å². The van der Waals surface area contributed by atoms with Crippen LogP contribution in [0, 0.1) is 11.6 Å². The van der Waals surface area contributed by atoms with Crippen molar-refractivity contribution in [3.63, 3.8) is 0 Å². The number of rotatable bonds is 3. The van der Waals surface area contributed by atoms with E-state index in [1.165, 1.54) is 12.1 Å². The molecule has 2 aromatic carbocycles. The monoisotopic (exact) mass is 302 g/mol. The summed E-state index contributed by atoms with van der Waals surface area (Å²) in [7, 11) is 0. The molecule has 114 valence electrons. The molecule has 0 bridgehead atoms. The number of anilines is 2. The number of hydrogen-bond acceptors (Lipinski definition) is 2. The van der Waals surface area contributed by atoms with Crippen molar-refractivity contribution in [1.82, 2.24) is 4.90 Å². The maximum absolute atomic E-state index is 13.7. The number of hydrogen-bond donors (Lipinski definition) is 1. The highest BCUT2D eigenvalue weighted by Crippen LogP contribution is 2.26. The first-order chi connectivity index (χ1) is 10.6. The Morgan fingerprint density at radius 3 is 2.73 bits per heavy atom. The molecule has 5 heteroatoms. The van der Waals surface area contributed by atoms with Gasteiger partial charge >= 0.3 is 0 Å². The number of likely N-dealkylation sites (N-methyl/N-ethyl adjacent to an activating group) is 1. The first-order valence-corrected chi connectivity index (χ1v) is 7.22. The molecular formula is C17H16F2N2O. The summed E-state index contributed by atoms with van der Waals surface area (Å²) < 4.78 is 26.6. The lowest BCUT2D eigenvalue weighted by molar-refractivity contribution is 0.0749. The van der Waals surface area contributed by atoms with Gasteiger partial charge in [0.05, 0.1) is 5.69 Å². The summed E-state index contributed by atoms with van der Waals surface area (Å²) in [5.74, 6) is -1.23. The van der Waals surface area contributed by atoms with Gasteiger partial charge in [0.15, 0.2) is 0 Å².